The van der Waals surface area contributed by atoms with Crippen molar-refractivity contribution in [2.75, 3.05) is 39.0 Å². The molecule has 1 amide bonds. The zero-order valence-electron chi connectivity index (χ0n) is 17.2. The molecule has 0 saturated carbocycles. The third-order valence-electron chi connectivity index (χ3n) is 5.79. The second kappa shape index (κ2) is 9.56. The number of hydrogen-bond acceptors (Lipinski definition) is 2. The Morgan fingerprint density at radius 3 is 2.19 bits per heavy atom. The molecule has 0 saturated heterocycles. The van der Waals surface area contributed by atoms with Crippen molar-refractivity contribution in [2.24, 2.45) is 0 Å². The van der Waals surface area contributed by atoms with Gasteiger partial charge < -0.3 is 15.1 Å². The molecule has 0 aromatic heterocycles. The molecular weight excluding hydrogens is 334 g/mol. The minimum Gasteiger partial charge on any atom is -0.399 e. The van der Waals surface area contributed by atoms with Crippen LogP contribution < -0.4 is 5.73 Å². The quantitative estimate of drug-likeness (QED) is 0.528. The molecule has 0 radical (unpaired) electrons. The van der Waals surface area contributed by atoms with E-state index in [0.29, 0.717) is 11.3 Å². The van der Waals surface area contributed by atoms with Crippen molar-refractivity contribution >= 4 is 11.6 Å². The van der Waals surface area contributed by atoms with E-state index >= 15 is 0 Å². The summed E-state index contributed by atoms with van der Waals surface area (Å²) in [6, 6.07) is 17.5. The molecule has 0 fully saturated rings. The van der Waals surface area contributed by atoms with Gasteiger partial charge in [-0.2, -0.15) is 0 Å². The van der Waals surface area contributed by atoms with Crippen LogP contribution in [-0.4, -0.2) is 48.5 Å². The number of carbonyl (C=O) groups is 1. The van der Waals surface area contributed by atoms with Gasteiger partial charge in [0.15, 0.2) is 0 Å². The van der Waals surface area contributed by atoms with Gasteiger partial charge in [0.25, 0.3) is 5.91 Å². The van der Waals surface area contributed by atoms with Crippen molar-refractivity contribution in [1.82, 2.24) is 4.90 Å². The average molecular weight is 369 g/mol. The molecule has 0 aliphatic carbocycles. The summed E-state index contributed by atoms with van der Waals surface area (Å²) in [5, 5.41) is 0. The number of amides is 1. The highest BCUT2D eigenvalue weighted by atomic mass is 16.2. The van der Waals surface area contributed by atoms with Gasteiger partial charge in [-0.15, -0.1) is 0 Å². The molecule has 2 rings (SSSR count). The van der Waals surface area contributed by atoms with Crippen molar-refractivity contribution in [2.45, 2.75) is 33.2 Å². The largest absolute Gasteiger partial charge is 0.399 e. The first kappa shape index (κ1) is 21.0. The summed E-state index contributed by atoms with van der Waals surface area (Å²) in [6.07, 6.45) is 0.982. The van der Waals surface area contributed by atoms with E-state index in [1.165, 1.54) is 0 Å². The van der Waals surface area contributed by atoms with E-state index < -0.39 is 0 Å². The SMILES string of the molecule is CC[N+](C)(CC)CCCN(C(=O)c1ccc(N)cc1)C(C)c1ccccc1. The lowest BCUT2D eigenvalue weighted by molar-refractivity contribution is -0.906. The summed E-state index contributed by atoms with van der Waals surface area (Å²) in [4.78, 5) is 15.2. The molecule has 146 valence electrons. The number of hydrogen-bond donors (Lipinski definition) is 1. The van der Waals surface area contributed by atoms with Crippen LogP contribution in [0.4, 0.5) is 5.69 Å². The smallest absolute Gasteiger partial charge is 0.254 e. The molecule has 4 nitrogen and oxygen atoms in total. The number of benzene rings is 2. The fourth-order valence-electron chi connectivity index (χ4n) is 3.34. The van der Waals surface area contributed by atoms with Crippen molar-refractivity contribution in [1.29, 1.82) is 0 Å². The maximum atomic E-state index is 13.2. The third-order valence-corrected chi connectivity index (χ3v) is 5.79. The van der Waals surface area contributed by atoms with Crippen LogP contribution >= 0.6 is 0 Å². The number of nitrogen functional groups attached to an aromatic ring is 1. The van der Waals surface area contributed by atoms with Gasteiger partial charge in [-0.05, 0) is 50.6 Å². The van der Waals surface area contributed by atoms with Crippen LogP contribution in [0.2, 0.25) is 0 Å². The summed E-state index contributed by atoms with van der Waals surface area (Å²) < 4.78 is 1.03. The molecule has 2 aromatic rings. The second-order valence-electron chi connectivity index (χ2n) is 7.54. The predicted octanol–water partition coefficient (Wildman–Crippen LogP) is 4.35. The first-order valence-corrected chi connectivity index (χ1v) is 9.95. The van der Waals surface area contributed by atoms with Crippen LogP contribution in [0, 0.1) is 0 Å². The van der Waals surface area contributed by atoms with E-state index in [1.54, 1.807) is 12.1 Å². The lowest BCUT2D eigenvalue weighted by atomic mass is 10.0. The van der Waals surface area contributed by atoms with Gasteiger partial charge in [-0.3, -0.25) is 4.79 Å². The molecule has 0 aliphatic heterocycles. The maximum Gasteiger partial charge on any atom is 0.254 e. The fraction of sp³-hybridized carbons (Fsp3) is 0.435. The molecule has 1 atom stereocenters. The molecule has 0 aliphatic rings. The van der Waals surface area contributed by atoms with Crippen molar-refractivity contribution < 1.29 is 9.28 Å². The topological polar surface area (TPSA) is 46.3 Å². The van der Waals surface area contributed by atoms with Crippen LogP contribution in [0.5, 0.6) is 0 Å². The van der Waals surface area contributed by atoms with E-state index in [2.05, 4.69) is 40.0 Å². The van der Waals surface area contributed by atoms with Crippen LogP contribution in [0.15, 0.2) is 54.6 Å². The fourth-order valence-corrected chi connectivity index (χ4v) is 3.34. The molecule has 4 heteroatoms. The molecule has 1 unspecified atom stereocenters. The van der Waals surface area contributed by atoms with Gasteiger partial charge in [-0.1, -0.05) is 30.3 Å². The number of nitrogens with two attached hydrogens (primary N) is 1. The number of anilines is 1. The van der Waals surface area contributed by atoms with Crippen molar-refractivity contribution in [3.05, 3.63) is 65.7 Å². The number of quaternary nitrogens is 1. The van der Waals surface area contributed by atoms with Crippen LogP contribution in [0.25, 0.3) is 0 Å². The Hall–Kier alpha value is -2.33. The third kappa shape index (κ3) is 5.57. The highest BCUT2D eigenvalue weighted by Gasteiger charge is 2.24. The van der Waals surface area contributed by atoms with E-state index in [-0.39, 0.29) is 11.9 Å². The zero-order valence-corrected chi connectivity index (χ0v) is 17.2. The number of rotatable bonds is 9. The lowest BCUT2D eigenvalue weighted by Gasteiger charge is -2.34. The molecule has 0 spiro atoms. The van der Waals surface area contributed by atoms with E-state index in [4.69, 9.17) is 5.73 Å². The Kier molecular flexibility index (Phi) is 7.43. The Morgan fingerprint density at radius 2 is 1.63 bits per heavy atom. The summed E-state index contributed by atoms with van der Waals surface area (Å²) >= 11 is 0. The van der Waals surface area contributed by atoms with Crippen molar-refractivity contribution in [3.63, 3.8) is 0 Å². The first-order valence-electron chi connectivity index (χ1n) is 9.95. The first-order chi connectivity index (χ1) is 12.9. The van der Waals surface area contributed by atoms with Gasteiger partial charge in [0.1, 0.15) is 0 Å². The normalized spacial score (nSPS) is 12.6. The minimum atomic E-state index is 0.0262. The van der Waals surface area contributed by atoms with Crippen LogP contribution in [-0.2, 0) is 0 Å². The molecule has 2 N–H and O–H groups in total. The van der Waals surface area contributed by atoms with Gasteiger partial charge >= 0.3 is 0 Å². The van der Waals surface area contributed by atoms with Crippen LogP contribution in [0.1, 0.15) is 49.2 Å². The summed E-state index contributed by atoms with van der Waals surface area (Å²) in [5.74, 6) is 0.0635. The lowest BCUT2D eigenvalue weighted by Crippen LogP contribution is -2.45. The number of nitrogens with zero attached hydrogens (tertiary/aromatic N) is 2. The highest BCUT2D eigenvalue weighted by molar-refractivity contribution is 5.94. The highest BCUT2D eigenvalue weighted by Crippen LogP contribution is 2.23. The van der Waals surface area contributed by atoms with E-state index in [0.717, 1.165) is 42.6 Å². The molecule has 2 aromatic carbocycles. The summed E-state index contributed by atoms with van der Waals surface area (Å²) in [6.45, 7) is 10.6. The van der Waals surface area contributed by atoms with E-state index in [9.17, 15) is 4.79 Å². The standard InChI is InChI=1S/C23H33N3O/c1-5-26(4,6-2)18-10-17-25(19(3)20-11-8-7-9-12-20)23(27)21-13-15-22(24)16-14-21/h7-9,11-16,19H,5-6,10,17-18H2,1-4H3,(H-,24,27)/p+1. The molecule has 0 heterocycles. The van der Waals surface area contributed by atoms with Gasteiger partial charge in [0, 0.05) is 24.2 Å². The zero-order chi connectivity index (χ0) is 19.9. The Morgan fingerprint density at radius 1 is 1.04 bits per heavy atom. The Labute approximate surface area is 164 Å². The van der Waals surface area contributed by atoms with Gasteiger partial charge in [-0.25, -0.2) is 0 Å². The number of carbonyl (C=O) groups excluding carboxylic acids is 1. The summed E-state index contributed by atoms with van der Waals surface area (Å²) in [5.41, 5.74) is 8.31. The molecular formula is C23H34N3O+. The average Bonchev–Trinajstić information content (AvgIpc) is 2.71. The second-order valence-corrected chi connectivity index (χ2v) is 7.54. The van der Waals surface area contributed by atoms with Crippen LogP contribution in [0.3, 0.4) is 0 Å². The van der Waals surface area contributed by atoms with Gasteiger partial charge in [0.05, 0.1) is 32.7 Å². The summed E-state index contributed by atoms with van der Waals surface area (Å²) in [7, 11) is 2.28. The van der Waals surface area contributed by atoms with E-state index in [1.807, 2.05) is 35.2 Å². The van der Waals surface area contributed by atoms with Gasteiger partial charge in [0.2, 0.25) is 0 Å². The minimum absolute atomic E-state index is 0.0262. The van der Waals surface area contributed by atoms with Crippen molar-refractivity contribution in [3.8, 4) is 0 Å². The molecule has 0 bridgehead atoms. The monoisotopic (exact) mass is 368 g/mol. The maximum absolute atomic E-state index is 13.2. The Balaban J connectivity index is 2.20. The molecule has 27 heavy (non-hydrogen) atoms. The predicted molar refractivity (Wildman–Crippen MR) is 113 cm³/mol. The Bertz CT molecular complexity index is 708.